The van der Waals surface area contributed by atoms with Gasteiger partial charge in [0.05, 0.1) is 11.0 Å². The molecule has 150 valence electrons. The molecule has 0 radical (unpaired) electrons. The fourth-order valence-electron chi connectivity index (χ4n) is 3.65. The van der Waals surface area contributed by atoms with Crippen molar-refractivity contribution in [1.29, 1.82) is 0 Å². The first-order valence-electron chi connectivity index (χ1n) is 9.73. The minimum atomic E-state index is 0.102. The summed E-state index contributed by atoms with van der Waals surface area (Å²) in [6, 6.07) is 25.4. The van der Waals surface area contributed by atoms with Crippen LogP contribution in [0.4, 0.5) is 0 Å². The quantitative estimate of drug-likeness (QED) is 0.529. The van der Waals surface area contributed by atoms with E-state index in [1.165, 1.54) is 0 Å². The number of hydrogen-bond donors (Lipinski definition) is 1. The van der Waals surface area contributed by atoms with Gasteiger partial charge in [0.1, 0.15) is 23.9 Å². The number of imidazole rings is 1. The molecule has 2 heterocycles. The van der Waals surface area contributed by atoms with E-state index in [4.69, 9.17) is 9.47 Å². The van der Waals surface area contributed by atoms with Crippen LogP contribution in [0.2, 0.25) is 0 Å². The summed E-state index contributed by atoms with van der Waals surface area (Å²) in [4.78, 5) is 4.64. The van der Waals surface area contributed by atoms with Gasteiger partial charge < -0.3 is 14.0 Å². The monoisotopic (exact) mass is 399 g/mol. The van der Waals surface area contributed by atoms with E-state index in [-0.39, 0.29) is 6.73 Å². The number of hydroxylamine groups is 2. The lowest BCUT2D eigenvalue weighted by atomic mass is 10.1. The molecule has 1 N–H and O–H groups in total. The highest BCUT2D eigenvalue weighted by Crippen LogP contribution is 2.35. The Bertz CT molecular complexity index is 1210. The van der Waals surface area contributed by atoms with Crippen LogP contribution in [0.1, 0.15) is 17.0 Å². The van der Waals surface area contributed by atoms with Gasteiger partial charge >= 0.3 is 0 Å². The summed E-state index contributed by atoms with van der Waals surface area (Å²) < 4.78 is 13.7. The zero-order chi connectivity index (χ0) is 20.5. The molecule has 0 aliphatic carbocycles. The van der Waals surface area contributed by atoms with Crippen molar-refractivity contribution >= 4 is 22.5 Å². The first-order valence-corrected chi connectivity index (χ1v) is 9.73. The molecule has 1 aromatic heterocycles. The second kappa shape index (κ2) is 7.57. The van der Waals surface area contributed by atoms with Gasteiger partial charge in [-0.15, -0.1) is 0 Å². The number of benzene rings is 3. The van der Waals surface area contributed by atoms with Crippen LogP contribution in [0, 0.1) is 0 Å². The molecule has 1 aliphatic heterocycles. The highest BCUT2D eigenvalue weighted by molar-refractivity contribution is 5.87. The maximum Gasteiger partial charge on any atom is 0.185 e. The molecule has 5 rings (SSSR count). The zero-order valence-corrected chi connectivity index (χ0v) is 16.5. The number of fused-ring (bicyclic) bond motifs is 1. The van der Waals surface area contributed by atoms with Gasteiger partial charge in [0, 0.05) is 18.2 Å². The number of hydrogen-bond acceptors (Lipinski definition) is 5. The van der Waals surface area contributed by atoms with Crippen LogP contribution in [0.15, 0.2) is 78.9 Å². The molecule has 0 fully saturated rings. The van der Waals surface area contributed by atoms with Gasteiger partial charge in [0.15, 0.2) is 12.5 Å². The summed E-state index contributed by atoms with van der Waals surface area (Å²) in [6.07, 6.45) is 0. The Morgan fingerprint density at radius 3 is 2.43 bits per heavy atom. The maximum absolute atomic E-state index is 10.3. The molecule has 4 aromatic rings. The third-order valence-corrected chi connectivity index (χ3v) is 5.22. The minimum Gasteiger partial charge on any atom is -0.486 e. The van der Waals surface area contributed by atoms with E-state index >= 15 is 0 Å². The fourth-order valence-corrected chi connectivity index (χ4v) is 3.65. The average Bonchev–Trinajstić information content (AvgIpc) is 3.33. The highest BCUT2D eigenvalue weighted by Gasteiger charge is 2.25. The Balaban J connectivity index is 1.37. The standard InChI is InChI=1S/C24H21N3O3/c1-26-21-10-6-5-9-20(21)25-22(26)15-29-19-13-11-17(12-14-19)23-24(30-16-27(23)28)18-7-3-2-4-8-18/h2-14,28H,15-16H2,1H3. The summed E-state index contributed by atoms with van der Waals surface area (Å²) in [6.45, 7) is 0.474. The van der Waals surface area contributed by atoms with Crippen molar-refractivity contribution in [2.45, 2.75) is 6.61 Å². The first kappa shape index (κ1) is 18.3. The maximum atomic E-state index is 10.3. The lowest BCUT2D eigenvalue weighted by Gasteiger charge is -2.13. The number of rotatable bonds is 5. The second-order valence-corrected chi connectivity index (χ2v) is 7.11. The van der Waals surface area contributed by atoms with Gasteiger partial charge in [-0.1, -0.05) is 42.5 Å². The number of nitrogens with zero attached hydrogens (tertiary/aromatic N) is 3. The largest absolute Gasteiger partial charge is 0.486 e. The van der Waals surface area contributed by atoms with Crippen LogP contribution in [-0.2, 0) is 18.4 Å². The molecule has 0 unspecified atom stereocenters. The van der Waals surface area contributed by atoms with Gasteiger partial charge in [-0.05, 0) is 36.4 Å². The Kier molecular flexibility index (Phi) is 4.61. The van der Waals surface area contributed by atoms with Crippen LogP contribution in [-0.4, -0.2) is 26.6 Å². The Morgan fingerprint density at radius 2 is 1.67 bits per heavy atom. The van der Waals surface area contributed by atoms with E-state index in [1.54, 1.807) is 0 Å². The summed E-state index contributed by atoms with van der Waals surface area (Å²) in [5.74, 6) is 2.25. The summed E-state index contributed by atoms with van der Waals surface area (Å²) >= 11 is 0. The number of aromatic nitrogens is 2. The van der Waals surface area contributed by atoms with E-state index < -0.39 is 0 Å². The molecule has 30 heavy (non-hydrogen) atoms. The van der Waals surface area contributed by atoms with E-state index in [0.717, 1.165) is 38.8 Å². The summed E-state index contributed by atoms with van der Waals surface area (Å²) in [5.41, 5.74) is 4.45. The predicted octanol–water partition coefficient (Wildman–Crippen LogP) is 4.66. The predicted molar refractivity (Wildman–Crippen MR) is 114 cm³/mol. The van der Waals surface area contributed by atoms with Gasteiger partial charge in [0.2, 0.25) is 0 Å². The third kappa shape index (κ3) is 3.27. The van der Waals surface area contributed by atoms with Crippen molar-refractivity contribution in [3.05, 3.63) is 95.8 Å². The van der Waals surface area contributed by atoms with Gasteiger partial charge in [0.25, 0.3) is 0 Å². The van der Waals surface area contributed by atoms with E-state index in [0.29, 0.717) is 18.1 Å². The van der Waals surface area contributed by atoms with Gasteiger partial charge in [-0.3, -0.25) is 5.21 Å². The zero-order valence-electron chi connectivity index (χ0n) is 16.5. The number of aryl methyl sites for hydroxylation is 1. The summed E-state index contributed by atoms with van der Waals surface area (Å²) in [5, 5.41) is 11.4. The van der Waals surface area contributed by atoms with Crippen LogP contribution in [0.25, 0.3) is 22.5 Å². The van der Waals surface area contributed by atoms with Crippen molar-refractivity contribution < 1.29 is 14.7 Å². The average molecular weight is 399 g/mol. The molecule has 6 nitrogen and oxygen atoms in total. The molecule has 0 saturated heterocycles. The highest BCUT2D eigenvalue weighted by atomic mass is 16.6. The topological polar surface area (TPSA) is 59.8 Å². The van der Waals surface area contributed by atoms with Crippen LogP contribution in [0.3, 0.4) is 0 Å². The normalized spacial score (nSPS) is 13.7. The minimum absolute atomic E-state index is 0.102. The molecule has 1 aliphatic rings. The Labute approximate surface area is 174 Å². The molecule has 0 amide bonds. The molecule has 0 bridgehead atoms. The van der Waals surface area contributed by atoms with E-state index in [9.17, 15) is 5.21 Å². The summed E-state index contributed by atoms with van der Waals surface area (Å²) in [7, 11) is 1.99. The van der Waals surface area contributed by atoms with Crippen molar-refractivity contribution in [3.63, 3.8) is 0 Å². The second-order valence-electron chi connectivity index (χ2n) is 7.11. The van der Waals surface area contributed by atoms with Crippen molar-refractivity contribution in [1.82, 2.24) is 14.6 Å². The van der Waals surface area contributed by atoms with Crippen LogP contribution < -0.4 is 4.74 Å². The van der Waals surface area contributed by atoms with Crippen LogP contribution >= 0.6 is 0 Å². The van der Waals surface area contributed by atoms with Gasteiger partial charge in [-0.25, -0.2) is 10.0 Å². The van der Waals surface area contributed by atoms with Crippen molar-refractivity contribution in [2.24, 2.45) is 7.05 Å². The van der Waals surface area contributed by atoms with Crippen LogP contribution in [0.5, 0.6) is 5.75 Å². The molecule has 3 aromatic carbocycles. The molecule has 6 heteroatoms. The Morgan fingerprint density at radius 1 is 0.933 bits per heavy atom. The number of para-hydroxylation sites is 2. The molecule has 0 saturated carbocycles. The third-order valence-electron chi connectivity index (χ3n) is 5.22. The van der Waals surface area contributed by atoms with Gasteiger partial charge in [-0.2, -0.15) is 0 Å². The molecule has 0 spiro atoms. The van der Waals surface area contributed by atoms with E-state index in [1.807, 2.05) is 90.5 Å². The molecular formula is C24H21N3O3. The van der Waals surface area contributed by atoms with Crippen molar-refractivity contribution in [3.8, 4) is 5.75 Å². The SMILES string of the molecule is Cn1c(COc2ccc(C3=C(c4ccccc4)OCN3O)cc2)nc2ccccc21. The smallest absolute Gasteiger partial charge is 0.185 e. The Hall–Kier alpha value is -3.77. The lowest BCUT2D eigenvalue weighted by molar-refractivity contribution is -0.0673. The fraction of sp³-hybridized carbons (Fsp3) is 0.125. The molecule has 0 atom stereocenters. The van der Waals surface area contributed by atoms with Crippen molar-refractivity contribution in [2.75, 3.05) is 6.73 Å². The first-order chi connectivity index (χ1) is 14.7. The van der Waals surface area contributed by atoms with E-state index in [2.05, 4.69) is 4.98 Å². The molecular weight excluding hydrogens is 378 g/mol. The lowest BCUT2D eigenvalue weighted by Crippen LogP contribution is -2.13. The number of ether oxygens (including phenoxy) is 2.